The third-order valence-electron chi connectivity index (χ3n) is 4.76. The lowest BCUT2D eigenvalue weighted by molar-refractivity contribution is -0.662. The second-order valence-electron chi connectivity index (χ2n) is 6.52. The molecule has 4 rings (SSSR count). The molecule has 0 N–H and O–H groups in total. The summed E-state index contributed by atoms with van der Waals surface area (Å²) in [5.41, 5.74) is 5.06. The van der Waals surface area contributed by atoms with Gasteiger partial charge in [0.1, 0.15) is 0 Å². The van der Waals surface area contributed by atoms with Gasteiger partial charge >= 0.3 is 0 Å². The predicted molar refractivity (Wildman–Crippen MR) is 112 cm³/mol. The molecule has 2 heterocycles. The highest BCUT2D eigenvalue weighted by molar-refractivity contribution is 8.03. The molecule has 0 saturated heterocycles. The van der Waals surface area contributed by atoms with Crippen molar-refractivity contribution in [2.45, 2.75) is 25.3 Å². The summed E-state index contributed by atoms with van der Waals surface area (Å²) >= 11 is 1.86. The SMILES string of the molecule is C=CC[n+]1c(/C=C2\Sc3cc(C)ccc3N2CC)ccc2ccccc21. The number of fused-ring (bicyclic) bond motifs is 2. The van der Waals surface area contributed by atoms with Gasteiger partial charge in [-0.2, -0.15) is 4.57 Å². The summed E-state index contributed by atoms with van der Waals surface area (Å²) in [7, 11) is 0. The third kappa shape index (κ3) is 2.93. The molecule has 130 valence electrons. The van der Waals surface area contributed by atoms with Crippen molar-refractivity contribution in [2.75, 3.05) is 11.4 Å². The van der Waals surface area contributed by atoms with E-state index in [0.29, 0.717) is 0 Å². The zero-order chi connectivity index (χ0) is 18.1. The minimum absolute atomic E-state index is 0.795. The van der Waals surface area contributed by atoms with E-state index in [4.69, 9.17) is 0 Å². The minimum atomic E-state index is 0.795. The van der Waals surface area contributed by atoms with Crippen LogP contribution in [-0.4, -0.2) is 6.54 Å². The monoisotopic (exact) mass is 359 g/mol. The van der Waals surface area contributed by atoms with Crippen LogP contribution in [0.25, 0.3) is 17.0 Å². The number of thioether (sulfide) groups is 1. The molecule has 0 atom stereocenters. The Morgan fingerprint density at radius 2 is 1.96 bits per heavy atom. The number of para-hydroxylation sites is 1. The third-order valence-corrected chi connectivity index (χ3v) is 5.85. The average Bonchev–Trinajstić information content (AvgIpc) is 2.99. The Kier molecular flexibility index (Phi) is 4.56. The van der Waals surface area contributed by atoms with Crippen molar-refractivity contribution >= 4 is 34.4 Å². The summed E-state index contributed by atoms with van der Waals surface area (Å²) in [5.74, 6) is 0. The lowest BCUT2D eigenvalue weighted by atomic mass is 10.1. The maximum Gasteiger partial charge on any atom is 0.213 e. The highest BCUT2D eigenvalue weighted by Crippen LogP contribution is 2.46. The number of pyridine rings is 1. The Morgan fingerprint density at radius 1 is 1.12 bits per heavy atom. The fourth-order valence-corrected chi connectivity index (χ4v) is 4.78. The van der Waals surface area contributed by atoms with E-state index in [1.807, 2.05) is 17.8 Å². The van der Waals surface area contributed by atoms with Gasteiger partial charge in [0.05, 0.1) is 10.7 Å². The van der Waals surface area contributed by atoms with E-state index in [1.165, 1.54) is 37.8 Å². The number of aryl methyl sites for hydroxylation is 1. The highest BCUT2D eigenvalue weighted by atomic mass is 32.2. The standard InChI is InChI=1S/C23H23N2S/c1-4-14-25-19(12-11-18-8-6-7-9-20(18)25)16-23-24(5-2)21-13-10-17(3)15-22(21)26-23/h4,6-13,15-16H,1,5,14H2,2-3H3/q+1. The number of aromatic nitrogens is 1. The number of rotatable bonds is 4. The largest absolute Gasteiger partial charge is 0.335 e. The molecule has 0 amide bonds. The number of hydrogen-bond donors (Lipinski definition) is 0. The van der Waals surface area contributed by atoms with Crippen LogP contribution < -0.4 is 9.47 Å². The van der Waals surface area contributed by atoms with Crippen molar-refractivity contribution in [2.24, 2.45) is 0 Å². The van der Waals surface area contributed by atoms with E-state index in [9.17, 15) is 0 Å². The second-order valence-corrected chi connectivity index (χ2v) is 7.58. The average molecular weight is 360 g/mol. The number of hydrogen-bond acceptors (Lipinski definition) is 2. The van der Waals surface area contributed by atoms with Crippen LogP contribution in [0, 0.1) is 6.92 Å². The predicted octanol–water partition coefficient (Wildman–Crippen LogP) is 5.55. The first-order valence-electron chi connectivity index (χ1n) is 9.01. The van der Waals surface area contributed by atoms with E-state index in [2.05, 4.69) is 90.6 Å². The second kappa shape index (κ2) is 7.00. The topological polar surface area (TPSA) is 7.12 Å². The molecule has 1 aliphatic heterocycles. The minimum Gasteiger partial charge on any atom is -0.335 e. The van der Waals surface area contributed by atoms with Crippen LogP contribution in [0.1, 0.15) is 18.2 Å². The molecule has 1 aromatic heterocycles. The number of benzene rings is 2. The van der Waals surface area contributed by atoms with E-state index < -0.39 is 0 Å². The zero-order valence-electron chi connectivity index (χ0n) is 15.3. The Hall–Kier alpha value is -2.52. The van der Waals surface area contributed by atoms with E-state index >= 15 is 0 Å². The van der Waals surface area contributed by atoms with Crippen molar-refractivity contribution in [1.29, 1.82) is 0 Å². The smallest absolute Gasteiger partial charge is 0.213 e. The first kappa shape index (κ1) is 16.9. The molecule has 2 nitrogen and oxygen atoms in total. The van der Waals surface area contributed by atoms with Crippen molar-refractivity contribution in [3.05, 3.63) is 83.5 Å². The molecule has 0 unspecified atom stereocenters. The summed E-state index contributed by atoms with van der Waals surface area (Å²) in [6.45, 7) is 10.1. The maximum atomic E-state index is 3.95. The fourth-order valence-electron chi connectivity index (χ4n) is 3.51. The van der Waals surface area contributed by atoms with Gasteiger partial charge in [0.15, 0.2) is 6.54 Å². The number of allylic oxidation sites excluding steroid dienone is 1. The highest BCUT2D eigenvalue weighted by Gasteiger charge is 2.25. The van der Waals surface area contributed by atoms with Crippen molar-refractivity contribution in [1.82, 2.24) is 0 Å². The summed E-state index contributed by atoms with van der Waals surface area (Å²) in [6.07, 6.45) is 4.27. The first-order chi connectivity index (χ1) is 12.7. The van der Waals surface area contributed by atoms with E-state index in [-0.39, 0.29) is 0 Å². The number of nitrogens with zero attached hydrogens (tertiary/aromatic N) is 2. The van der Waals surface area contributed by atoms with Crippen molar-refractivity contribution in [3.8, 4) is 0 Å². The fraction of sp³-hybridized carbons (Fsp3) is 0.174. The van der Waals surface area contributed by atoms with Gasteiger partial charge in [-0.1, -0.05) is 36.5 Å². The summed E-state index contributed by atoms with van der Waals surface area (Å²) in [5, 5.41) is 2.53. The quantitative estimate of drug-likeness (QED) is 0.445. The Morgan fingerprint density at radius 3 is 2.77 bits per heavy atom. The summed E-state index contributed by atoms with van der Waals surface area (Å²) in [6, 6.07) is 19.6. The molecule has 26 heavy (non-hydrogen) atoms. The summed E-state index contributed by atoms with van der Waals surface area (Å²) in [4.78, 5) is 3.74. The lowest BCUT2D eigenvalue weighted by Gasteiger charge is -2.17. The van der Waals surface area contributed by atoms with Crippen LogP contribution in [0.3, 0.4) is 0 Å². The van der Waals surface area contributed by atoms with Gasteiger partial charge in [-0.05, 0) is 49.8 Å². The molecular formula is C23H23N2S+. The van der Waals surface area contributed by atoms with Crippen LogP contribution in [0.5, 0.6) is 0 Å². The van der Waals surface area contributed by atoms with E-state index in [1.54, 1.807) is 0 Å². The molecule has 0 spiro atoms. The van der Waals surface area contributed by atoms with Gasteiger partial charge < -0.3 is 4.90 Å². The van der Waals surface area contributed by atoms with Crippen LogP contribution in [0.15, 0.2) is 77.2 Å². The Balaban J connectivity index is 1.83. The summed E-state index contributed by atoms with van der Waals surface area (Å²) < 4.78 is 2.33. The molecule has 0 bridgehead atoms. The van der Waals surface area contributed by atoms with Gasteiger partial charge in [-0.25, -0.2) is 0 Å². The molecule has 0 fully saturated rings. The molecule has 3 aromatic rings. The molecule has 0 saturated carbocycles. The molecular weight excluding hydrogens is 336 g/mol. The Labute approximate surface area is 159 Å². The molecule has 0 radical (unpaired) electrons. The van der Waals surface area contributed by atoms with Crippen LogP contribution in [-0.2, 0) is 6.54 Å². The number of anilines is 1. The first-order valence-corrected chi connectivity index (χ1v) is 9.83. The van der Waals surface area contributed by atoms with Gasteiger partial charge in [-0.3, -0.25) is 0 Å². The van der Waals surface area contributed by atoms with Gasteiger partial charge in [-0.15, -0.1) is 0 Å². The molecule has 0 aliphatic carbocycles. The molecule has 1 aliphatic rings. The molecule has 3 heteroatoms. The maximum absolute atomic E-state index is 3.95. The van der Waals surface area contributed by atoms with Crippen molar-refractivity contribution < 1.29 is 4.57 Å². The van der Waals surface area contributed by atoms with Crippen LogP contribution >= 0.6 is 11.8 Å². The van der Waals surface area contributed by atoms with Gasteiger partial charge in [0.2, 0.25) is 11.2 Å². The van der Waals surface area contributed by atoms with Gasteiger partial charge in [0, 0.05) is 35.0 Å². The lowest BCUT2D eigenvalue weighted by Crippen LogP contribution is -2.37. The van der Waals surface area contributed by atoms with Crippen molar-refractivity contribution in [3.63, 3.8) is 0 Å². The van der Waals surface area contributed by atoms with Crippen LogP contribution in [0.2, 0.25) is 0 Å². The Bertz CT molecular complexity index is 1020. The van der Waals surface area contributed by atoms with Crippen LogP contribution in [0.4, 0.5) is 5.69 Å². The molecule has 2 aromatic carbocycles. The zero-order valence-corrected chi connectivity index (χ0v) is 16.1. The van der Waals surface area contributed by atoms with Gasteiger partial charge in [0.25, 0.3) is 0 Å². The normalized spacial score (nSPS) is 14.8. The van der Waals surface area contributed by atoms with E-state index in [0.717, 1.165) is 13.1 Å².